The highest BCUT2D eigenvalue weighted by atomic mass is 32.2. The summed E-state index contributed by atoms with van der Waals surface area (Å²) in [5, 5.41) is 24.7. The summed E-state index contributed by atoms with van der Waals surface area (Å²) >= 11 is 1.84. The van der Waals surface area contributed by atoms with Gasteiger partial charge in [-0.25, -0.2) is 8.78 Å². The average molecular weight is 753 g/mol. The minimum atomic E-state index is -1.04. The van der Waals surface area contributed by atoms with Gasteiger partial charge in [-0.2, -0.15) is 0 Å². The Bertz CT molecular complexity index is 2170. The number of piperazine rings is 1. The molecule has 5 aliphatic rings. The van der Waals surface area contributed by atoms with E-state index in [1.165, 1.54) is 10.5 Å². The van der Waals surface area contributed by atoms with Crippen molar-refractivity contribution in [2.75, 3.05) is 54.4 Å². The van der Waals surface area contributed by atoms with Gasteiger partial charge in [0.25, 0.3) is 5.91 Å². The number of phenols is 1. The molecule has 15 heteroatoms. The number of aromatic nitrogens is 2. The monoisotopic (exact) mass is 752 g/mol. The molecule has 0 bridgehead atoms. The molecule has 3 unspecified atom stereocenters. The zero-order chi connectivity index (χ0) is 37.1. The third kappa shape index (κ3) is 6.48. The molecule has 0 saturated carbocycles. The number of carbonyl (C=O) groups is 3. The van der Waals surface area contributed by atoms with Gasteiger partial charge in [-0.15, -0.1) is 22.0 Å². The standard InChI is InChI=1S/C39H38F2N8O4S/c40-24-13-30(36(51)31(41)14-24)32-17-34-37(45-44-32)42-18-26-15-28(21-48(26)34)54-27-5-1-22(2-6-27)19-46-9-11-47(12-10-46)25-4-3-23-20-49(39(53)29(23)16-25)33-7-8-35(50)43-38(33)52/h1-6,13-14,16-17,26,28,33,51H,7-12,15,18-21H2,(H,42,45)(H,43,50,52). The SMILES string of the molecule is O=C1CCC(N2Cc3ccc(N4CCN(Cc5ccc(SC6CC7CNc8nnc(-c9cc(F)cc(F)c9O)cc8N7C6)cc5)CC4)cc3C2=O)C(=O)N1. The summed E-state index contributed by atoms with van der Waals surface area (Å²) in [6.45, 7) is 6.17. The molecular weight excluding hydrogens is 715 g/mol. The van der Waals surface area contributed by atoms with Crippen LogP contribution in [0.25, 0.3) is 11.3 Å². The summed E-state index contributed by atoms with van der Waals surface area (Å²) in [5.41, 5.74) is 4.78. The topological polar surface area (TPSA) is 134 Å². The second-order valence-electron chi connectivity index (χ2n) is 14.6. The molecule has 3 saturated heterocycles. The molecule has 3 amide bonds. The van der Waals surface area contributed by atoms with Crippen LogP contribution < -0.4 is 20.4 Å². The number of hydrogen-bond acceptors (Lipinski definition) is 11. The number of thioether (sulfide) groups is 1. The average Bonchev–Trinajstić information content (AvgIpc) is 3.74. The maximum atomic E-state index is 14.1. The molecule has 1 aromatic heterocycles. The molecule has 12 nitrogen and oxygen atoms in total. The van der Waals surface area contributed by atoms with E-state index in [9.17, 15) is 28.3 Å². The Balaban J connectivity index is 0.784. The molecule has 3 atom stereocenters. The van der Waals surface area contributed by atoms with Crippen molar-refractivity contribution in [3.05, 3.63) is 89.0 Å². The fraction of sp³-hybridized carbons (Fsp3) is 0.359. The Hall–Kier alpha value is -5.28. The van der Waals surface area contributed by atoms with E-state index in [0.29, 0.717) is 35.7 Å². The van der Waals surface area contributed by atoms with Gasteiger partial charge in [0.15, 0.2) is 17.4 Å². The summed E-state index contributed by atoms with van der Waals surface area (Å²) in [5.74, 6) is -2.71. The first-order valence-electron chi connectivity index (χ1n) is 18.2. The minimum absolute atomic E-state index is 0.0321. The van der Waals surface area contributed by atoms with Gasteiger partial charge in [0, 0.05) is 97.8 Å². The van der Waals surface area contributed by atoms with E-state index in [0.717, 1.165) is 75.2 Å². The molecule has 54 heavy (non-hydrogen) atoms. The van der Waals surface area contributed by atoms with Gasteiger partial charge in [-0.05, 0) is 60.4 Å². The van der Waals surface area contributed by atoms with Crippen molar-refractivity contribution >= 4 is 46.7 Å². The minimum Gasteiger partial charge on any atom is -0.504 e. The number of aromatic hydroxyl groups is 1. The van der Waals surface area contributed by atoms with Gasteiger partial charge < -0.3 is 25.1 Å². The van der Waals surface area contributed by atoms with Crippen molar-refractivity contribution in [2.45, 2.75) is 54.6 Å². The van der Waals surface area contributed by atoms with Gasteiger partial charge in [0.05, 0.1) is 11.4 Å². The third-order valence-corrected chi connectivity index (χ3v) is 12.4. The van der Waals surface area contributed by atoms with Crippen molar-refractivity contribution in [3.8, 4) is 17.0 Å². The number of fused-ring (bicyclic) bond motifs is 4. The molecule has 5 aliphatic heterocycles. The van der Waals surface area contributed by atoms with Gasteiger partial charge in [0.1, 0.15) is 11.9 Å². The fourth-order valence-corrected chi connectivity index (χ4v) is 9.54. The molecule has 0 spiro atoms. The lowest BCUT2D eigenvalue weighted by Gasteiger charge is -2.36. The quantitative estimate of drug-likeness (QED) is 0.233. The van der Waals surface area contributed by atoms with Crippen LogP contribution in [-0.2, 0) is 22.7 Å². The lowest BCUT2D eigenvalue weighted by molar-refractivity contribution is -0.136. The van der Waals surface area contributed by atoms with E-state index >= 15 is 0 Å². The van der Waals surface area contributed by atoms with Crippen molar-refractivity contribution in [1.29, 1.82) is 0 Å². The smallest absolute Gasteiger partial charge is 0.255 e. The Morgan fingerprint density at radius 2 is 1.72 bits per heavy atom. The highest BCUT2D eigenvalue weighted by Gasteiger charge is 2.40. The first kappa shape index (κ1) is 34.5. The van der Waals surface area contributed by atoms with Crippen LogP contribution in [0.3, 0.4) is 0 Å². The molecule has 3 fully saturated rings. The number of phenolic OH excluding ortho intramolecular Hbond substituents is 1. The number of halogens is 2. The molecule has 0 aliphatic carbocycles. The maximum Gasteiger partial charge on any atom is 0.255 e. The predicted octanol–water partition coefficient (Wildman–Crippen LogP) is 4.38. The normalized spacial score (nSPS) is 22.5. The predicted molar refractivity (Wildman–Crippen MR) is 199 cm³/mol. The second-order valence-corrected chi connectivity index (χ2v) is 15.9. The van der Waals surface area contributed by atoms with Gasteiger partial charge in [-0.3, -0.25) is 24.6 Å². The number of imide groups is 1. The zero-order valence-corrected chi connectivity index (χ0v) is 30.1. The van der Waals surface area contributed by atoms with E-state index in [2.05, 4.69) is 65.9 Å². The van der Waals surface area contributed by atoms with E-state index in [1.54, 1.807) is 11.0 Å². The molecule has 3 N–H and O–H groups in total. The summed E-state index contributed by atoms with van der Waals surface area (Å²) in [6.07, 6.45) is 1.55. The Kier molecular flexibility index (Phi) is 8.85. The van der Waals surface area contributed by atoms with Crippen LogP contribution in [0.2, 0.25) is 0 Å². The first-order valence-corrected chi connectivity index (χ1v) is 19.1. The summed E-state index contributed by atoms with van der Waals surface area (Å²) in [4.78, 5) is 47.2. The van der Waals surface area contributed by atoms with E-state index in [4.69, 9.17) is 0 Å². The van der Waals surface area contributed by atoms with Crippen molar-refractivity contribution < 1.29 is 28.3 Å². The van der Waals surface area contributed by atoms with Crippen LogP contribution in [0.1, 0.15) is 40.7 Å². The third-order valence-electron chi connectivity index (χ3n) is 11.2. The van der Waals surface area contributed by atoms with Crippen molar-refractivity contribution in [1.82, 2.24) is 25.3 Å². The Morgan fingerprint density at radius 1 is 0.907 bits per heavy atom. The fourth-order valence-electron chi connectivity index (χ4n) is 8.31. The van der Waals surface area contributed by atoms with Crippen molar-refractivity contribution in [2.24, 2.45) is 0 Å². The lowest BCUT2D eigenvalue weighted by Crippen LogP contribution is -2.52. The second kappa shape index (κ2) is 13.9. The number of piperidine rings is 1. The molecular formula is C39H38F2N8O4S. The van der Waals surface area contributed by atoms with Crippen LogP contribution in [0.15, 0.2) is 65.6 Å². The molecule has 0 radical (unpaired) electrons. The highest BCUT2D eigenvalue weighted by Crippen LogP contribution is 2.42. The van der Waals surface area contributed by atoms with Crippen LogP contribution in [-0.4, -0.2) is 99.4 Å². The summed E-state index contributed by atoms with van der Waals surface area (Å²) in [6, 6.07) is 17.8. The number of anilines is 3. The largest absolute Gasteiger partial charge is 0.504 e. The van der Waals surface area contributed by atoms with E-state index < -0.39 is 29.3 Å². The maximum absolute atomic E-state index is 14.1. The van der Waals surface area contributed by atoms with Gasteiger partial charge in [0.2, 0.25) is 11.8 Å². The number of nitrogens with zero attached hydrogens (tertiary/aromatic N) is 6. The molecule has 3 aromatic carbocycles. The number of amides is 3. The molecule has 278 valence electrons. The summed E-state index contributed by atoms with van der Waals surface area (Å²) < 4.78 is 28.1. The Labute approximate surface area is 314 Å². The van der Waals surface area contributed by atoms with Gasteiger partial charge in [-0.1, -0.05) is 18.2 Å². The number of nitrogens with one attached hydrogen (secondary N) is 2. The number of hydrogen-bond donors (Lipinski definition) is 3. The molecule has 4 aromatic rings. The number of rotatable bonds is 7. The van der Waals surface area contributed by atoms with Crippen molar-refractivity contribution in [3.63, 3.8) is 0 Å². The lowest BCUT2D eigenvalue weighted by atomic mass is 10.0. The highest BCUT2D eigenvalue weighted by molar-refractivity contribution is 8.00. The van der Waals surface area contributed by atoms with Crippen LogP contribution in [0, 0.1) is 11.6 Å². The van der Waals surface area contributed by atoms with Crippen LogP contribution >= 0.6 is 11.8 Å². The Morgan fingerprint density at radius 3 is 2.52 bits per heavy atom. The van der Waals surface area contributed by atoms with Gasteiger partial charge >= 0.3 is 0 Å². The molecule has 6 heterocycles. The first-order chi connectivity index (χ1) is 26.2. The van der Waals surface area contributed by atoms with Crippen LogP contribution in [0.5, 0.6) is 5.75 Å². The van der Waals surface area contributed by atoms with E-state index in [-0.39, 0.29) is 35.5 Å². The number of carbonyl (C=O) groups excluding carboxylic acids is 3. The number of benzene rings is 3. The van der Waals surface area contributed by atoms with E-state index in [1.807, 2.05) is 23.9 Å². The zero-order valence-electron chi connectivity index (χ0n) is 29.3. The van der Waals surface area contributed by atoms with Crippen LogP contribution in [0.4, 0.5) is 26.0 Å². The summed E-state index contributed by atoms with van der Waals surface area (Å²) in [7, 11) is 0. The molecule has 9 rings (SSSR count).